The van der Waals surface area contributed by atoms with E-state index in [2.05, 4.69) is 17.2 Å². The lowest BCUT2D eigenvalue weighted by molar-refractivity contribution is 0.102. The van der Waals surface area contributed by atoms with Crippen LogP contribution in [0.2, 0.25) is 0 Å². The van der Waals surface area contributed by atoms with E-state index in [4.69, 9.17) is 9.47 Å². The number of carbonyl (C=O) groups excluding carboxylic acids is 1. The SMILES string of the molecule is CCc1ccc(NC(=O)c2ccc(OCc3cscn3)c(OC)c2)cc1. The van der Waals surface area contributed by atoms with Gasteiger partial charge in [0.15, 0.2) is 11.5 Å². The Morgan fingerprint density at radius 2 is 1.96 bits per heavy atom. The van der Waals surface area contributed by atoms with Crippen molar-refractivity contribution in [3.8, 4) is 11.5 Å². The summed E-state index contributed by atoms with van der Waals surface area (Å²) in [5.74, 6) is 0.886. The topological polar surface area (TPSA) is 60.5 Å². The first-order valence-electron chi connectivity index (χ1n) is 8.27. The molecule has 0 unspecified atom stereocenters. The molecule has 134 valence electrons. The van der Waals surface area contributed by atoms with Crippen LogP contribution < -0.4 is 14.8 Å². The van der Waals surface area contributed by atoms with E-state index in [1.807, 2.05) is 29.6 Å². The fraction of sp³-hybridized carbons (Fsp3) is 0.200. The van der Waals surface area contributed by atoms with Crippen LogP contribution in [0.1, 0.15) is 28.5 Å². The second-order valence-electron chi connectivity index (χ2n) is 5.64. The summed E-state index contributed by atoms with van der Waals surface area (Å²) in [5.41, 5.74) is 5.11. The number of thiazole rings is 1. The van der Waals surface area contributed by atoms with Crippen LogP contribution in [0.4, 0.5) is 5.69 Å². The molecule has 0 saturated heterocycles. The van der Waals surface area contributed by atoms with E-state index in [1.165, 1.54) is 16.9 Å². The Morgan fingerprint density at radius 3 is 2.62 bits per heavy atom. The van der Waals surface area contributed by atoms with Gasteiger partial charge in [-0.05, 0) is 42.3 Å². The van der Waals surface area contributed by atoms with Gasteiger partial charge in [0.25, 0.3) is 5.91 Å². The smallest absolute Gasteiger partial charge is 0.255 e. The molecule has 3 rings (SSSR count). The van der Waals surface area contributed by atoms with Crippen molar-refractivity contribution in [1.29, 1.82) is 0 Å². The molecule has 1 amide bonds. The second kappa shape index (κ2) is 8.49. The molecule has 3 aromatic rings. The predicted molar refractivity (Wildman–Crippen MR) is 103 cm³/mol. The van der Waals surface area contributed by atoms with Crippen molar-refractivity contribution in [2.75, 3.05) is 12.4 Å². The Balaban J connectivity index is 1.69. The number of nitrogens with zero attached hydrogens (tertiary/aromatic N) is 1. The lowest BCUT2D eigenvalue weighted by Gasteiger charge is -2.12. The number of anilines is 1. The number of rotatable bonds is 7. The summed E-state index contributed by atoms with van der Waals surface area (Å²) in [4.78, 5) is 16.7. The standard InChI is InChI=1S/C20H20N2O3S/c1-3-14-4-7-16(8-5-14)22-20(23)15-6-9-18(19(10-15)24-2)25-11-17-12-26-13-21-17/h4-10,12-13H,3,11H2,1-2H3,(H,22,23). The van der Waals surface area contributed by atoms with Crippen molar-refractivity contribution >= 4 is 22.9 Å². The van der Waals surface area contributed by atoms with Crippen molar-refractivity contribution in [2.24, 2.45) is 0 Å². The van der Waals surface area contributed by atoms with Gasteiger partial charge < -0.3 is 14.8 Å². The maximum Gasteiger partial charge on any atom is 0.255 e. The summed E-state index contributed by atoms with van der Waals surface area (Å²) in [6.45, 7) is 2.45. The first-order chi connectivity index (χ1) is 12.7. The van der Waals surface area contributed by atoms with Gasteiger partial charge in [0.05, 0.1) is 18.3 Å². The van der Waals surface area contributed by atoms with Crippen LogP contribution in [0.3, 0.4) is 0 Å². The van der Waals surface area contributed by atoms with Gasteiger partial charge in [-0.25, -0.2) is 4.98 Å². The van der Waals surface area contributed by atoms with E-state index in [0.717, 1.165) is 17.8 Å². The average Bonchev–Trinajstić information content (AvgIpc) is 3.20. The molecule has 0 saturated carbocycles. The predicted octanol–water partition coefficient (Wildman–Crippen LogP) is 4.55. The van der Waals surface area contributed by atoms with Crippen LogP contribution in [0.5, 0.6) is 11.5 Å². The number of amides is 1. The van der Waals surface area contributed by atoms with E-state index >= 15 is 0 Å². The quantitative estimate of drug-likeness (QED) is 0.665. The molecule has 1 N–H and O–H groups in total. The van der Waals surface area contributed by atoms with Crippen LogP contribution in [0.15, 0.2) is 53.4 Å². The van der Waals surface area contributed by atoms with E-state index in [-0.39, 0.29) is 5.91 Å². The highest BCUT2D eigenvalue weighted by molar-refractivity contribution is 7.07. The minimum atomic E-state index is -0.196. The molecule has 0 aliphatic rings. The van der Waals surface area contributed by atoms with Gasteiger partial charge in [-0.2, -0.15) is 0 Å². The van der Waals surface area contributed by atoms with Crippen molar-refractivity contribution in [1.82, 2.24) is 4.98 Å². The number of nitrogens with one attached hydrogen (secondary N) is 1. The fourth-order valence-electron chi connectivity index (χ4n) is 2.42. The molecule has 0 radical (unpaired) electrons. The third kappa shape index (κ3) is 4.40. The Kier molecular flexibility index (Phi) is 5.86. The lowest BCUT2D eigenvalue weighted by Crippen LogP contribution is -2.12. The summed E-state index contributed by atoms with van der Waals surface area (Å²) >= 11 is 1.52. The number of benzene rings is 2. The summed E-state index contributed by atoms with van der Waals surface area (Å²) in [5, 5.41) is 4.82. The minimum Gasteiger partial charge on any atom is -0.493 e. The number of aromatic nitrogens is 1. The lowest BCUT2D eigenvalue weighted by atomic mass is 10.1. The van der Waals surface area contributed by atoms with E-state index < -0.39 is 0 Å². The van der Waals surface area contributed by atoms with Crippen LogP contribution in [0.25, 0.3) is 0 Å². The van der Waals surface area contributed by atoms with Gasteiger partial charge in [-0.3, -0.25) is 4.79 Å². The fourth-order valence-corrected chi connectivity index (χ4v) is 2.96. The number of carbonyl (C=O) groups is 1. The molecule has 6 heteroatoms. The zero-order chi connectivity index (χ0) is 18.4. The molecule has 0 atom stereocenters. The summed E-state index contributed by atoms with van der Waals surface area (Å²) in [7, 11) is 1.55. The Hall–Kier alpha value is -2.86. The largest absolute Gasteiger partial charge is 0.493 e. The van der Waals surface area contributed by atoms with Gasteiger partial charge in [0.1, 0.15) is 6.61 Å². The molecule has 1 heterocycles. The van der Waals surface area contributed by atoms with Gasteiger partial charge in [0, 0.05) is 16.6 Å². The molecule has 0 bridgehead atoms. The van der Waals surface area contributed by atoms with Crippen molar-refractivity contribution in [3.05, 3.63) is 70.2 Å². The van der Waals surface area contributed by atoms with E-state index in [9.17, 15) is 4.79 Å². The maximum absolute atomic E-state index is 12.5. The maximum atomic E-state index is 12.5. The minimum absolute atomic E-state index is 0.196. The number of hydrogen-bond acceptors (Lipinski definition) is 5. The van der Waals surface area contributed by atoms with Gasteiger partial charge in [-0.15, -0.1) is 11.3 Å². The second-order valence-corrected chi connectivity index (χ2v) is 6.36. The highest BCUT2D eigenvalue weighted by Crippen LogP contribution is 2.29. The Morgan fingerprint density at radius 1 is 1.15 bits per heavy atom. The monoisotopic (exact) mass is 368 g/mol. The van der Waals surface area contributed by atoms with Crippen LogP contribution in [-0.4, -0.2) is 18.0 Å². The van der Waals surface area contributed by atoms with Gasteiger partial charge in [-0.1, -0.05) is 19.1 Å². The molecular formula is C20H20N2O3S. The molecule has 0 aliphatic carbocycles. The zero-order valence-corrected chi connectivity index (χ0v) is 15.5. The highest BCUT2D eigenvalue weighted by atomic mass is 32.1. The van der Waals surface area contributed by atoms with Gasteiger partial charge >= 0.3 is 0 Å². The summed E-state index contributed by atoms with van der Waals surface area (Å²) in [6, 6.07) is 12.9. The Bertz CT molecular complexity index is 861. The highest BCUT2D eigenvalue weighted by Gasteiger charge is 2.12. The summed E-state index contributed by atoms with van der Waals surface area (Å²) < 4.78 is 11.1. The molecule has 0 spiro atoms. The van der Waals surface area contributed by atoms with Crippen molar-refractivity contribution in [3.63, 3.8) is 0 Å². The van der Waals surface area contributed by atoms with Crippen LogP contribution >= 0.6 is 11.3 Å². The first kappa shape index (κ1) is 17.9. The normalized spacial score (nSPS) is 10.4. The van der Waals surface area contributed by atoms with Crippen LogP contribution in [-0.2, 0) is 13.0 Å². The molecule has 0 aliphatic heterocycles. The third-order valence-corrected chi connectivity index (χ3v) is 4.54. The molecule has 5 nitrogen and oxygen atoms in total. The number of hydrogen-bond donors (Lipinski definition) is 1. The molecule has 26 heavy (non-hydrogen) atoms. The number of aryl methyl sites for hydroxylation is 1. The third-order valence-electron chi connectivity index (χ3n) is 3.90. The number of ether oxygens (including phenoxy) is 2. The Labute approximate surface area is 156 Å². The molecule has 0 fully saturated rings. The average molecular weight is 368 g/mol. The van der Waals surface area contributed by atoms with E-state index in [0.29, 0.717) is 23.7 Å². The summed E-state index contributed by atoms with van der Waals surface area (Å²) in [6.07, 6.45) is 0.966. The van der Waals surface area contributed by atoms with Crippen molar-refractivity contribution < 1.29 is 14.3 Å². The van der Waals surface area contributed by atoms with Crippen molar-refractivity contribution in [2.45, 2.75) is 20.0 Å². The first-order valence-corrected chi connectivity index (χ1v) is 9.22. The molecule has 2 aromatic carbocycles. The van der Waals surface area contributed by atoms with E-state index in [1.54, 1.807) is 30.8 Å². The zero-order valence-electron chi connectivity index (χ0n) is 14.7. The molecular weight excluding hydrogens is 348 g/mol. The van der Waals surface area contributed by atoms with Gasteiger partial charge in [0.2, 0.25) is 0 Å². The van der Waals surface area contributed by atoms with Crippen LogP contribution in [0, 0.1) is 0 Å². The molecule has 1 aromatic heterocycles. The number of methoxy groups -OCH3 is 1.